The largest absolute Gasteiger partial charge is 0.369 e. The number of hydrogen-bond donors (Lipinski definition) is 1. The number of carbonyl (C=O) groups is 3. The first-order chi connectivity index (χ1) is 13.0. The second-order valence-electron chi connectivity index (χ2n) is 8.37. The maximum absolute atomic E-state index is 12.8. The Kier molecular flexibility index (Phi) is 7.10. The van der Waals surface area contributed by atoms with Crippen molar-refractivity contribution in [1.29, 1.82) is 0 Å². The molecule has 0 aromatic heterocycles. The molecule has 3 amide bonds. The minimum absolute atomic E-state index is 0.0817. The number of hydrogen-bond acceptors (Lipinski definition) is 4. The van der Waals surface area contributed by atoms with E-state index in [1.165, 1.54) is 12.8 Å². The van der Waals surface area contributed by atoms with Crippen LogP contribution < -0.4 is 5.73 Å². The normalized spacial score (nSPS) is 25.9. The predicted octanol–water partition coefficient (Wildman–Crippen LogP) is 0.825. The van der Waals surface area contributed by atoms with Crippen LogP contribution in [-0.2, 0) is 14.4 Å². The summed E-state index contributed by atoms with van der Waals surface area (Å²) in [6, 6.07) is 0. The van der Waals surface area contributed by atoms with E-state index in [0.717, 1.165) is 64.7 Å². The van der Waals surface area contributed by atoms with Gasteiger partial charge in [0.15, 0.2) is 0 Å². The highest BCUT2D eigenvalue weighted by Crippen LogP contribution is 2.22. The summed E-state index contributed by atoms with van der Waals surface area (Å²) in [5.74, 6) is 0.00477. The first-order valence-corrected chi connectivity index (χ1v) is 10.6. The van der Waals surface area contributed by atoms with E-state index in [1.54, 1.807) is 4.90 Å². The van der Waals surface area contributed by atoms with Crippen molar-refractivity contribution in [3.63, 3.8) is 0 Å². The Bertz CT molecular complexity index is 537. The predicted molar refractivity (Wildman–Crippen MR) is 103 cm³/mol. The van der Waals surface area contributed by atoms with E-state index < -0.39 is 0 Å². The summed E-state index contributed by atoms with van der Waals surface area (Å²) >= 11 is 0. The summed E-state index contributed by atoms with van der Waals surface area (Å²) < 4.78 is 0. The van der Waals surface area contributed by atoms with Gasteiger partial charge in [-0.15, -0.1) is 0 Å². The lowest BCUT2D eigenvalue weighted by Gasteiger charge is -2.36. The molecule has 3 rings (SSSR count). The average Bonchev–Trinajstić information content (AvgIpc) is 2.97. The third-order valence-electron chi connectivity index (χ3n) is 6.39. The van der Waals surface area contributed by atoms with E-state index in [9.17, 15) is 14.4 Å². The van der Waals surface area contributed by atoms with Gasteiger partial charge in [-0.25, -0.2) is 0 Å². The number of nitrogens with zero attached hydrogens (tertiary/aromatic N) is 3. The molecular weight excluding hydrogens is 344 g/mol. The summed E-state index contributed by atoms with van der Waals surface area (Å²) in [6.07, 6.45) is 8.02. The zero-order valence-corrected chi connectivity index (χ0v) is 16.4. The van der Waals surface area contributed by atoms with Crippen LogP contribution in [-0.4, -0.2) is 78.2 Å². The maximum atomic E-state index is 12.8. The lowest BCUT2D eigenvalue weighted by molar-refractivity contribution is -0.138. The Balaban J connectivity index is 1.43. The summed E-state index contributed by atoms with van der Waals surface area (Å²) in [5, 5.41) is 0. The van der Waals surface area contributed by atoms with Crippen molar-refractivity contribution >= 4 is 17.7 Å². The van der Waals surface area contributed by atoms with Crippen molar-refractivity contribution in [2.75, 3.05) is 45.8 Å². The Morgan fingerprint density at radius 3 is 2.00 bits per heavy atom. The van der Waals surface area contributed by atoms with Gasteiger partial charge in [0.25, 0.3) is 0 Å². The highest BCUT2D eigenvalue weighted by molar-refractivity contribution is 5.81. The summed E-state index contributed by atoms with van der Waals surface area (Å²) in [4.78, 5) is 42.8. The van der Waals surface area contributed by atoms with Gasteiger partial charge in [-0.1, -0.05) is 12.8 Å². The van der Waals surface area contributed by atoms with E-state index in [1.807, 2.05) is 0 Å². The van der Waals surface area contributed by atoms with Gasteiger partial charge in [-0.05, 0) is 51.6 Å². The smallest absolute Gasteiger partial charge is 0.236 e. The molecule has 0 aliphatic carbocycles. The van der Waals surface area contributed by atoms with Gasteiger partial charge in [0, 0.05) is 32.1 Å². The molecule has 3 aliphatic heterocycles. The molecule has 0 bridgehead atoms. The molecule has 152 valence electrons. The van der Waals surface area contributed by atoms with E-state index in [2.05, 4.69) is 9.80 Å². The molecule has 3 fully saturated rings. The molecule has 1 atom stereocenters. The number of amides is 3. The van der Waals surface area contributed by atoms with Gasteiger partial charge in [-0.3, -0.25) is 19.3 Å². The van der Waals surface area contributed by atoms with Crippen LogP contribution in [0.1, 0.15) is 51.4 Å². The third-order valence-corrected chi connectivity index (χ3v) is 6.39. The van der Waals surface area contributed by atoms with Crippen LogP contribution in [0.4, 0.5) is 0 Å². The van der Waals surface area contributed by atoms with Crippen molar-refractivity contribution in [3.8, 4) is 0 Å². The van der Waals surface area contributed by atoms with Crippen molar-refractivity contribution < 1.29 is 14.4 Å². The molecule has 27 heavy (non-hydrogen) atoms. The monoisotopic (exact) mass is 378 g/mol. The molecule has 0 aromatic carbocycles. The highest BCUT2D eigenvalue weighted by atomic mass is 16.2. The fourth-order valence-corrected chi connectivity index (χ4v) is 4.61. The lowest BCUT2D eigenvalue weighted by atomic mass is 9.94. The van der Waals surface area contributed by atoms with E-state index in [-0.39, 0.29) is 23.7 Å². The summed E-state index contributed by atoms with van der Waals surface area (Å²) in [5.41, 5.74) is 5.41. The maximum Gasteiger partial charge on any atom is 0.236 e. The van der Waals surface area contributed by atoms with E-state index >= 15 is 0 Å². The first-order valence-electron chi connectivity index (χ1n) is 10.6. The standard InChI is InChI=1S/C20H34N4O3/c21-19(26)17-6-5-11-24(14-17)18(25)15-22-12-7-16(8-13-22)20(27)23-9-3-1-2-4-10-23/h16-17H,1-15H2,(H2,21,26). The minimum Gasteiger partial charge on any atom is -0.369 e. The topological polar surface area (TPSA) is 87.0 Å². The minimum atomic E-state index is -0.305. The van der Waals surface area contributed by atoms with E-state index in [0.29, 0.717) is 25.5 Å². The van der Waals surface area contributed by atoms with Crippen LogP contribution in [0.2, 0.25) is 0 Å². The van der Waals surface area contributed by atoms with Gasteiger partial charge < -0.3 is 15.5 Å². The second-order valence-corrected chi connectivity index (χ2v) is 8.37. The van der Waals surface area contributed by atoms with Gasteiger partial charge in [0.2, 0.25) is 17.7 Å². The van der Waals surface area contributed by atoms with Crippen molar-refractivity contribution in [2.24, 2.45) is 17.6 Å². The fourth-order valence-electron chi connectivity index (χ4n) is 4.61. The van der Waals surface area contributed by atoms with Crippen LogP contribution in [0.15, 0.2) is 0 Å². The molecule has 3 heterocycles. The number of primary amides is 1. The number of likely N-dealkylation sites (tertiary alicyclic amines) is 3. The molecule has 3 aliphatic rings. The number of nitrogens with two attached hydrogens (primary N) is 1. The lowest BCUT2D eigenvalue weighted by Crippen LogP contribution is -2.49. The van der Waals surface area contributed by atoms with Gasteiger partial charge in [-0.2, -0.15) is 0 Å². The molecule has 7 nitrogen and oxygen atoms in total. The average molecular weight is 379 g/mol. The zero-order valence-electron chi connectivity index (χ0n) is 16.4. The van der Waals surface area contributed by atoms with Crippen LogP contribution in [0.25, 0.3) is 0 Å². The third kappa shape index (κ3) is 5.43. The van der Waals surface area contributed by atoms with Crippen molar-refractivity contribution in [2.45, 2.75) is 51.4 Å². The van der Waals surface area contributed by atoms with Crippen LogP contribution in [0.3, 0.4) is 0 Å². The molecular formula is C20H34N4O3. The number of piperidine rings is 2. The molecule has 1 unspecified atom stereocenters. The van der Waals surface area contributed by atoms with Crippen LogP contribution in [0.5, 0.6) is 0 Å². The SMILES string of the molecule is NC(=O)C1CCCN(C(=O)CN2CCC(C(=O)N3CCCCCC3)CC2)C1. The van der Waals surface area contributed by atoms with Crippen molar-refractivity contribution in [1.82, 2.24) is 14.7 Å². The molecule has 7 heteroatoms. The van der Waals surface area contributed by atoms with Crippen LogP contribution >= 0.6 is 0 Å². The number of carbonyl (C=O) groups excluding carboxylic acids is 3. The molecule has 2 N–H and O–H groups in total. The Morgan fingerprint density at radius 2 is 1.37 bits per heavy atom. The first kappa shape index (κ1) is 20.1. The molecule has 0 aromatic rings. The van der Waals surface area contributed by atoms with E-state index in [4.69, 9.17) is 5.73 Å². The molecule has 0 radical (unpaired) electrons. The summed E-state index contributed by atoms with van der Waals surface area (Å²) in [6.45, 7) is 4.97. The number of rotatable bonds is 4. The second kappa shape index (κ2) is 9.53. The summed E-state index contributed by atoms with van der Waals surface area (Å²) in [7, 11) is 0. The van der Waals surface area contributed by atoms with Gasteiger partial charge >= 0.3 is 0 Å². The Labute approximate surface area is 162 Å². The zero-order chi connectivity index (χ0) is 19.2. The van der Waals surface area contributed by atoms with Crippen LogP contribution in [0, 0.1) is 11.8 Å². The highest BCUT2D eigenvalue weighted by Gasteiger charge is 2.31. The Morgan fingerprint density at radius 1 is 0.741 bits per heavy atom. The quantitative estimate of drug-likeness (QED) is 0.785. The Hall–Kier alpha value is -1.63. The molecule has 0 saturated carbocycles. The van der Waals surface area contributed by atoms with Gasteiger partial charge in [0.1, 0.15) is 0 Å². The molecule has 0 spiro atoms. The van der Waals surface area contributed by atoms with Gasteiger partial charge in [0.05, 0.1) is 12.5 Å². The van der Waals surface area contributed by atoms with Crippen molar-refractivity contribution in [3.05, 3.63) is 0 Å². The molecule has 3 saturated heterocycles. The fraction of sp³-hybridized carbons (Fsp3) is 0.850.